The molecule has 2 N–H and O–H groups in total. The number of pyridine rings is 1. The summed E-state index contributed by atoms with van der Waals surface area (Å²) < 4.78 is 0. The van der Waals surface area contributed by atoms with E-state index in [1.807, 2.05) is 13.0 Å². The van der Waals surface area contributed by atoms with Crippen LogP contribution >= 0.6 is 0 Å². The minimum absolute atomic E-state index is 0.0593. The average molecular weight is 289 g/mol. The Morgan fingerprint density at radius 2 is 2.10 bits per heavy atom. The van der Waals surface area contributed by atoms with E-state index in [9.17, 15) is 9.59 Å². The van der Waals surface area contributed by atoms with Crippen molar-refractivity contribution in [3.8, 4) is 6.07 Å². The van der Waals surface area contributed by atoms with Crippen LogP contribution in [0.2, 0.25) is 0 Å². The first-order valence-electron chi connectivity index (χ1n) is 6.84. The standard InChI is InChI=1S/C15H19N3O3/c1-10(15(20)21)4-3-5-11(2)18-14(19)13-7-6-12(8-16)9-17-13/h6-7,9-11H,3-5H2,1-2H3,(H,18,19)(H,20,21). The van der Waals surface area contributed by atoms with Gasteiger partial charge in [-0.05, 0) is 31.9 Å². The molecule has 0 aliphatic heterocycles. The minimum atomic E-state index is -0.798. The Labute approximate surface area is 123 Å². The number of nitrogens with one attached hydrogen (secondary N) is 1. The summed E-state index contributed by atoms with van der Waals surface area (Å²) in [6.45, 7) is 3.54. The summed E-state index contributed by atoms with van der Waals surface area (Å²) in [5.41, 5.74) is 0.669. The zero-order valence-electron chi connectivity index (χ0n) is 12.2. The molecule has 6 nitrogen and oxygen atoms in total. The molecule has 2 unspecified atom stereocenters. The number of carbonyl (C=O) groups excluding carboxylic acids is 1. The summed E-state index contributed by atoms with van der Waals surface area (Å²) in [5.74, 6) is -1.46. The molecular formula is C15H19N3O3. The lowest BCUT2D eigenvalue weighted by Gasteiger charge is -2.14. The van der Waals surface area contributed by atoms with Crippen molar-refractivity contribution in [3.63, 3.8) is 0 Å². The van der Waals surface area contributed by atoms with Gasteiger partial charge in [0.2, 0.25) is 0 Å². The molecule has 1 aromatic rings. The van der Waals surface area contributed by atoms with Crippen LogP contribution in [-0.2, 0) is 4.79 Å². The molecule has 1 rings (SSSR count). The van der Waals surface area contributed by atoms with E-state index in [2.05, 4.69) is 10.3 Å². The summed E-state index contributed by atoms with van der Waals surface area (Å²) >= 11 is 0. The lowest BCUT2D eigenvalue weighted by Crippen LogP contribution is -2.33. The monoisotopic (exact) mass is 289 g/mol. The van der Waals surface area contributed by atoms with E-state index >= 15 is 0 Å². The van der Waals surface area contributed by atoms with Gasteiger partial charge in [-0.25, -0.2) is 4.98 Å². The van der Waals surface area contributed by atoms with Gasteiger partial charge in [0.15, 0.2) is 0 Å². The van der Waals surface area contributed by atoms with E-state index in [-0.39, 0.29) is 23.6 Å². The second kappa shape index (κ2) is 8.00. The van der Waals surface area contributed by atoms with Crippen LogP contribution in [0.5, 0.6) is 0 Å². The second-order valence-electron chi connectivity index (χ2n) is 5.09. The number of aliphatic carboxylic acids is 1. The molecule has 21 heavy (non-hydrogen) atoms. The maximum absolute atomic E-state index is 11.9. The minimum Gasteiger partial charge on any atom is -0.481 e. The molecule has 112 valence electrons. The average Bonchev–Trinajstić information content (AvgIpc) is 2.46. The van der Waals surface area contributed by atoms with Gasteiger partial charge in [0.1, 0.15) is 11.8 Å². The summed E-state index contributed by atoms with van der Waals surface area (Å²) in [6, 6.07) is 4.93. The Hall–Kier alpha value is -2.42. The quantitative estimate of drug-likeness (QED) is 0.798. The van der Waals surface area contributed by atoms with Crippen molar-refractivity contribution in [1.29, 1.82) is 5.26 Å². The third kappa shape index (κ3) is 5.61. The van der Waals surface area contributed by atoms with Crippen LogP contribution in [0.4, 0.5) is 0 Å². The van der Waals surface area contributed by atoms with Crippen LogP contribution in [0.3, 0.4) is 0 Å². The van der Waals surface area contributed by atoms with Crippen molar-refractivity contribution in [2.75, 3.05) is 0 Å². The van der Waals surface area contributed by atoms with Gasteiger partial charge in [-0.15, -0.1) is 0 Å². The number of carbonyl (C=O) groups is 2. The van der Waals surface area contributed by atoms with Crippen molar-refractivity contribution >= 4 is 11.9 Å². The fourth-order valence-electron chi connectivity index (χ4n) is 1.82. The molecule has 0 bridgehead atoms. The van der Waals surface area contributed by atoms with Gasteiger partial charge in [-0.1, -0.05) is 13.3 Å². The molecule has 0 fully saturated rings. The van der Waals surface area contributed by atoms with Gasteiger partial charge in [0, 0.05) is 12.2 Å². The molecule has 0 saturated heterocycles. The molecule has 1 amide bonds. The van der Waals surface area contributed by atoms with E-state index in [1.54, 1.807) is 13.0 Å². The SMILES string of the molecule is CC(CCCC(C)C(=O)O)NC(=O)c1ccc(C#N)cn1. The molecule has 6 heteroatoms. The van der Waals surface area contributed by atoms with E-state index < -0.39 is 5.97 Å². The topological polar surface area (TPSA) is 103 Å². The van der Waals surface area contributed by atoms with Gasteiger partial charge in [-0.3, -0.25) is 9.59 Å². The van der Waals surface area contributed by atoms with E-state index in [4.69, 9.17) is 10.4 Å². The summed E-state index contributed by atoms with van der Waals surface area (Å²) in [6.07, 6.45) is 3.38. The van der Waals surface area contributed by atoms with Crippen molar-refractivity contribution in [2.24, 2.45) is 5.92 Å². The fraction of sp³-hybridized carbons (Fsp3) is 0.467. The van der Waals surface area contributed by atoms with Crippen molar-refractivity contribution in [2.45, 2.75) is 39.2 Å². The largest absolute Gasteiger partial charge is 0.481 e. The van der Waals surface area contributed by atoms with Crippen LogP contribution in [0.15, 0.2) is 18.3 Å². The highest BCUT2D eigenvalue weighted by Gasteiger charge is 2.13. The molecule has 0 saturated carbocycles. The molecule has 0 aliphatic rings. The highest BCUT2D eigenvalue weighted by molar-refractivity contribution is 5.92. The Morgan fingerprint density at radius 1 is 1.38 bits per heavy atom. The number of carboxylic acids is 1. The van der Waals surface area contributed by atoms with Gasteiger partial charge in [0.05, 0.1) is 11.5 Å². The summed E-state index contributed by atoms with van der Waals surface area (Å²) in [7, 11) is 0. The van der Waals surface area contributed by atoms with Gasteiger partial charge >= 0.3 is 5.97 Å². The maximum Gasteiger partial charge on any atom is 0.306 e. The van der Waals surface area contributed by atoms with Gasteiger partial charge in [0.25, 0.3) is 5.91 Å². The first kappa shape index (κ1) is 16.6. The predicted molar refractivity (Wildman–Crippen MR) is 76.5 cm³/mol. The Morgan fingerprint density at radius 3 is 2.62 bits per heavy atom. The zero-order valence-corrected chi connectivity index (χ0v) is 12.2. The molecule has 0 aliphatic carbocycles. The van der Waals surface area contributed by atoms with Gasteiger partial charge < -0.3 is 10.4 Å². The predicted octanol–water partition coefficient (Wildman–Crippen LogP) is 1.96. The number of nitriles is 1. The van der Waals surface area contributed by atoms with E-state index in [0.29, 0.717) is 18.4 Å². The van der Waals surface area contributed by atoms with Crippen LogP contribution in [0.25, 0.3) is 0 Å². The first-order chi connectivity index (χ1) is 9.93. The number of amides is 1. The Kier molecular flexibility index (Phi) is 6.34. The molecule has 2 atom stereocenters. The first-order valence-corrected chi connectivity index (χ1v) is 6.84. The smallest absolute Gasteiger partial charge is 0.306 e. The normalized spacial score (nSPS) is 13.0. The highest BCUT2D eigenvalue weighted by Crippen LogP contribution is 2.10. The molecule has 1 heterocycles. The van der Waals surface area contributed by atoms with Crippen LogP contribution < -0.4 is 5.32 Å². The van der Waals surface area contributed by atoms with Crippen molar-refractivity contribution in [3.05, 3.63) is 29.6 Å². The molecule has 1 aromatic heterocycles. The number of hydrogen-bond acceptors (Lipinski definition) is 4. The molecular weight excluding hydrogens is 270 g/mol. The van der Waals surface area contributed by atoms with Crippen molar-refractivity contribution < 1.29 is 14.7 Å². The number of carboxylic acid groups (broad SMARTS) is 1. The fourth-order valence-corrected chi connectivity index (χ4v) is 1.82. The lowest BCUT2D eigenvalue weighted by molar-refractivity contribution is -0.141. The summed E-state index contributed by atoms with van der Waals surface area (Å²) in [5, 5.41) is 20.2. The van der Waals surface area contributed by atoms with Crippen LogP contribution in [0.1, 0.15) is 49.2 Å². The number of hydrogen-bond donors (Lipinski definition) is 2. The van der Waals surface area contributed by atoms with Crippen LogP contribution in [-0.4, -0.2) is 28.0 Å². The number of aromatic nitrogens is 1. The third-order valence-corrected chi connectivity index (χ3v) is 3.20. The molecule has 0 radical (unpaired) electrons. The highest BCUT2D eigenvalue weighted by atomic mass is 16.4. The second-order valence-corrected chi connectivity index (χ2v) is 5.09. The maximum atomic E-state index is 11.9. The summed E-state index contributed by atoms with van der Waals surface area (Å²) in [4.78, 5) is 26.5. The molecule has 0 spiro atoms. The van der Waals surface area contributed by atoms with E-state index in [0.717, 1.165) is 6.42 Å². The zero-order chi connectivity index (χ0) is 15.8. The Bertz CT molecular complexity index is 534. The number of nitrogens with zero attached hydrogens (tertiary/aromatic N) is 2. The van der Waals surface area contributed by atoms with Crippen LogP contribution in [0, 0.1) is 17.2 Å². The lowest BCUT2D eigenvalue weighted by atomic mass is 10.0. The van der Waals surface area contributed by atoms with Crippen molar-refractivity contribution in [1.82, 2.24) is 10.3 Å². The van der Waals surface area contributed by atoms with Gasteiger partial charge in [-0.2, -0.15) is 5.26 Å². The van der Waals surface area contributed by atoms with E-state index in [1.165, 1.54) is 12.3 Å². The number of rotatable bonds is 7. The Balaban J connectivity index is 2.39. The third-order valence-electron chi connectivity index (χ3n) is 3.20. The molecule has 0 aromatic carbocycles.